The van der Waals surface area contributed by atoms with Crippen LogP contribution in [-0.2, 0) is 5.67 Å². The largest absolute Gasteiger partial charge is 0.436 e. The van der Waals surface area contributed by atoms with E-state index in [0.717, 1.165) is 0 Å². The summed E-state index contributed by atoms with van der Waals surface area (Å²) >= 11 is 5.19. The summed E-state index contributed by atoms with van der Waals surface area (Å²) in [7, 11) is 0. The second-order valence-corrected chi connectivity index (χ2v) is 3.41. The number of pyridine rings is 1. The molecule has 0 atom stereocenters. The Kier molecular flexibility index (Phi) is 3.30. The second kappa shape index (κ2) is 4.01. The number of halogens is 8. The van der Waals surface area contributed by atoms with Crippen LogP contribution < -0.4 is 0 Å². The number of alkyl halides is 7. The topological polar surface area (TPSA) is 12.9 Å². The van der Waals surface area contributed by atoms with Crippen molar-refractivity contribution in [3.63, 3.8) is 0 Å². The zero-order chi connectivity index (χ0) is 13.5. The summed E-state index contributed by atoms with van der Waals surface area (Å²) in [6, 6.07) is 0.930. The summed E-state index contributed by atoms with van der Waals surface area (Å²) in [5.74, 6) is 0. The van der Waals surface area contributed by atoms with Crippen molar-refractivity contribution < 1.29 is 30.7 Å². The molecule has 1 nitrogen and oxygen atoms in total. The van der Waals surface area contributed by atoms with E-state index < -0.39 is 23.6 Å². The van der Waals surface area contributed by atoms with Crippen LogP contribution in [0.4, 0.5) is 30.7 Å². The maximum atomic E-state index is 13.3. The number of hydrogen-bond donors (Lipinski definition) is 0. The molecule has 1 rings (SSSR count). The van der Waals surface area contributed by atoms with Crippen LogP contribution in [0.15, 0.2) is 18.3 Å². The molecule has 0 aliphatic rings. The standard InChI is InChI=1S/C8H3ClF7N/c9-5-2-1-4(3-17-5)6(10,7(11,12)13)8(14,15)16/h1-3H. The van der Waals surface area contributed by atoms with Gasteiger partial charge in [-0.25, -0.2) is 9.37 Å². The highest BCUT2D eigenvalue weighted by atomic mass is 35.5. The van der Waals surface area contributed by atoms with E-state index in [1.165, 1.54) is 0 Å². The Balaban J connectivity index is 3.41. The van der Waals surface area contributed by atoms with Gasteiger partial charge in [-0.2, -0.15) is 26.3 Å². The zero-order valence-electron chi connectivity index (χ0n) is 7.70. The fourth-order valence-corrected chi connectivity index (χ4v) is 1.18. The predicted octanol–water partition coefficient (Wildman–Crippen LogP) is 4.02. The fraction of sp³-hybridized carbons (Fsp3) is 0.375. The molecule has 0 spiro atoms. The predicted molar refractivity (Wildman–Crippen MR) is 44.1 cm³/mol. The molecule has 1 aromatic heterocycles. The van der Waals surface area contributed by atoms with Crippen LogP contribution in [0.3, 0.4) is 0 Å². The van der Waals surface area contributed by atoms with Crippen molar-refractivity contribution in [3.8, 4) is 0 Å². The van der Waals surface area contributed by atoms with Crippen LogP contribution in [-0.4, -0.2) is 17.3 Å². The molecule has 0 radical (unpaired) electrons. The molecule has 0 bridgehead atoms. The van der Waals surface area contributed by atoms with Gasteiger partial charge in [-0.3, -0.25) is 0 Å². The molecule has 0 fully saturated rings. The van der Waals surface area contributed by atoms with E-state index >= 15 is 0 Å². The quantitative estimate of drug-likeness (QED) is 0.559. The zero-order valence-corrected chi connectivity index (χ0v) is 8.46. The summed E-state index contributed by atoms with van der Waals surface area (Å²) in [5, 5.41) is -0.347. The first-order chi connectivity index (χ1) is 7.50. The Hall–Kier alpha value is -1.05. The lowest BCUT2D eigenvalue weighted by Gasteiger charge is -2.29. The van der Waals surface area contributed by atoms with E-state index in [0.29, 0.717) is 6.07 Å². The van der Waals surface area contributed by atoms with E-state index in [9.17, 15) is 30.7 Å². The molecule has 0 N–H and O–H groups in total. The molecular weight excluding hydrogens is 279 g/mol. The van der Waals surface area contributed by atoms with Crippen molar-refractivity contribution in [2.75, 3.05) is 0 Å². The van der Waals surface area contributed by atoms with Crippen molar-refractivity contribution >= 4 is 11.6 Å². The molecule has 17 heavy (non-hydrogen) atoms. The number of aromatic nitrogens is 1. The third kappa shape index (κ3) is 2.31. The van der Waals surface area contributed by atoms with E-state index in [-0.39, 0.29) is 17.4 Å². The summed E-state index contributed by atoms with van der Waals surface area (Å²) in [6.07, 6.45) is -12.2. The molecule has 9 heteroatoms. The first-order valence-corrected chi connectivity index (χ1v) is 4.32. The SMILES string of the molecule is FC(F)(F)C(F)(c1ccc(Cl)nc1)C(F)(F)F. The van der Waals surface area contributed by atoms with Crippen molar-refractivity contribution in [3.05, 3.63) is 29.0 Å². The molecule has 0 saturated carbocycles. The molecule has 96 valence electrons. The summed E-state index contributed by atoms with van der Waals surface area (Å²) < 4.78 is 86.7. The van der Waals surface area contributed by atoms with Crippen LogP contribution in [0.5, 0.6) is 0 Å². The van der Waals surface area contributed by atoms with Gasteiger partial charge in [0.25, 0.3) is 0 Å². The van der Waals surface area contributed by atoms with Crippen molar-refractivity contribution in [2.45, 2.75) is 18.0 Å². The van der Waals surface area contributed by atoms with Gasteiger partial charge in [0, 0.05) is 11.8 Å². The maximum Gasteiger partial charge on any atom is 0.436 e. The summed E-state index contributed by atoms with van der Waals surface area (Å²) in [5.41, 5.74) is -7.13. The smallest absolute Gasteiger partial charge is 0.244 e. The van der Waals surface area contributed by atoms with Crippen molar-refractivity contribution in [2.24, 2.45) is 0 Å². The van der Waals surface area contributed by atoms with Gasteiger partial charge < -0.3 is 0 Å². The molecule has 0 saturated heterocycles. The van der Waals surface area contributed by atoms with Crippen molar-refractivity contribution in [1.29, 1.82) is 0 Å². The van der Waals surface area contributed by atoms with Gasteiger partial charge in [0.1, 0.15) is 5.15 Å². The van der Waals surface area contributed by atoms with Gasteiger partial charge in [-0.15, -0.1) is 0 Å². The molecule has 1 heterocycles. The van der Waals surface area contributed by atoms with Gasteiger partial charge >= 0.3 is 18.0 Å². The minimum Gasteiger partial charge on any atom is -0.244 e. The third-order valence-electron chi connectivity index (χ3n) is 1.91. The Morgan fingerprint density at radius 2 is 1.35 bits per heavy atom. The van der Waals surface area contributed by atoms with Crippen LogP contribution >= 0.6 is 11.6 Å². The lowest BCUT2D eigenvalue weighted by atomic mass is 9.96. The first-order valence-electron chi connectivity index (χ1n) is 3.94. The van der Waals surface area contributed by atoms with Crippen molar-refractivity contribution in [1.82, 2.24) is 4.98 Å². The van der Waals surface area contributed by atoms with E-state index in [2.05, 4.69) is 4.98 Å². The maximum absolute atomic E-state index is 13.3. The molecule has 0 aliphatic heterocycles. The minimum absolute atomic E-state index is 0.101. The lowest BCUT2D eigenvalue weighted by Crippen LogP contribution is -2.50. The number of nitrogens with zero attached hydrogens (tertiary/aromatic N) is 1. The first kappa shape index (κ1) is 14.0. The number of rotatable bonds is 1. The highest BCUT2D eigenvalue weighted by Crippen LogP contribution is 2.52. The van der Waals surface area contributed by atoms with Gasteiger partial charge in [-0.1, -0.05) is 17.7 Å². The van der Waals surface area contributed by atoms with Crippen LogP contribution in [0.25, 0.3) is 0 Å². The molecule has 1 aromatic rings. The average molecular weight is 282 g/mol. The van der Waals surface area contributed by atoms with E-state index in [4.69, 9.17) is 11.6 Å². The van der Waals surface area contributed by atoms with Gasteiger partial charge in [-0.05, 0) is 6.07 Å². The highest BCUT2D eigenvalue weighted by Gasteiger charge is 2.73. The highest BCUT2D eigenvalue weighted by molar-refractivity contribution is 6.29. The van der Waals surface area contributed by atoms with Crippen LogP contribution in [0.2, 0.25) is 5.15 Å². The van der Waals surface area contributed by atoms with Crippen LogP contribution in [0, 0.1) is 0 Å². The Morgan fingerprint density at radius 3 is 1.65 bits per heavy atom. The third-order valence-corrected chi connectivity index (χ3v) is 2.13. The Bertz CT molecular complexity index is 380. The second-order valence-electron chi connectivity index (χ2n) is 3.02. The van der Waals surface area contributed by atoms with Gasteiger partial charge in [0.15, 0.2) is 0 Å². The monoisotopic (exact) mass is 281 g/mol. The van der Waals surface area contributed by atoms with Crippen LogP contribution in [0.1, 0.15) is 5.56 Å². The molecule has 0 aliphatic carbocycles. The molecular formula is C8H3ClF7N. The summed E-state index contributed by atoms with van der Waals surface area (Å²) in [4.78, 5) is 3.00. The molecule has 0 unspecified atom stereocenters. The minimum atomic E-state index is -6.14. The Morgan fingerprint density at radius 1 is 0.882 bits per heavy atom. The lowest BCUT2D eigenvalue weighted by molar-refractivity contribution is -0.348. The number of hydrogen-bond acceptors (Lipinski definition) is 1. The van der Waals surface area contributed by atoms with Gasteiger partial charge in [0.2, 0.25) is 0 Å². The summed E-state index contributed by atoms with van der Waals surface area (Å²) in [6.45, 7) is 0. The van der Waals surface area contributed by atoms with Gasteiger partial charge in [0.05, 0.1) is 0 Å². The Labute approximate surface area is 95.2 Å². The molecule has 0 amide bonds. The van der Waals surface area contributed by atoms with E-state index in [1.54, 1.807) is 0 Å². The normalized spacial score (nSPS) is 13.9. The van der Waals surface area contributed by atoms with E-state index in [1.807, 2.05) is 0 Å². The average Bonchev–Trinajstić information content (AvgIpc) is 2.14. The fourth-order valence-electron chi connectivity index (χ4n) is 1.07. The molecule has 0 aromatic carbocycles.